The summed E-state index contributed by atoms with van der Waals surface area (Å²) >= 11 is 1.16. The van der Waals surface area contributed by atoms with E-state index in [1.807, 2.05) is 6.92 Å². The van der Waals surface area contributed by atoms with Crippen molar-refractivity contribution in [3.63, 3.8) is 0 Å². The molecule has 0 amide bonds. The van der Waals surface area contributed by atoms with E-state index in [1.165, 1.54) is 32.1 Å². The maximum absolute atomic E-state index is 11.0. The van der Waals surface area contributed by atoms with Crippen molar-refractivity contribution in [3.8, 4) is 0 Å². The highest BCUT2D eigenvalue weighted by atomic mass is 32.2. The summed E-state index contributed by atoms with van der Waals surface area (Å²) in [4.78, 5) is 11.0. The van der Waals surface area contributed by atoms with E-state index < -0.39 is 0 Å². The molecule has 0 bridgehead atoms. The van der Waals surface area contributed by atoms with E-state index in [4.69, 9.17) is 4.74 Å². The lowest BCUT2D eigenvalue weighted by Crippen LogP contribution is -2.24. The van der Waals surface area contributed by atoms with Crippen LogP contribution in [-0.4, -0.2) is 17.7 Å². The van der Waals surface area contributed by atoms with Gasteiger partial charge in [0.2, 0.25) is 0 Å². The average Bonchev–Trinajstić information content (AvgIpc) is 2.19. The van der Waals surface area contributed by atoms with E-state index in [9.17, 15) is 4.79 Å². The van der Waals surface area contributed by atoms with Crippen LogP contribution < -0.4 is 0 Å². The third-order valence-corrected chi connectivity index (χ3v) is 3.19. The summed E-state index contributed by atoms with van der Waals surface area (Å²) in [6, 6.07) is 0. The quantitative estimate of drug-likeness (QED) is 0.641. The van der Waals surface area contributed by atoms with Gasteiger partial charge in [0.05, 0.1) is 0 Å². The summed E-state index contributed by atoms with van der Waals surface area (Å²) in [6.45, 7) is 2.02. The highest BCUT2D eigenvalue weighted by Gasteiger charge is 2.22. The highest BCUT2D eigenvalue weighted by Crippen LogP contribution is 2.28. The van der Waals surface area contributed by atoms with Crippen molar-refractivity contribution in [2.45, 2.75) is 45.1 Å². The largest absolute Gasteiger partial charge is 0.454 e. The van der Waals surface area contributed by atoms with Crippen LogP contribution in [-0.2, 0) is 4.74 Å². The lowest BCUT2D eigenvalue weighted by molar-refractivity contribution is 0.0780. The van der Waals surface area contributed by atoms with Gasteiger partial charge >= 0.3 is 5.30 Å². The number of carbonyl (C=O) groups excluding carboxylic acids is 1. The molecule has 0 aromatic rings. The highest BCUT2D eigenvalue weighted by molar-refractivity contribution is 8.12. The summed E-state index contributed by atoms with van der Waals surface area (Å²) in [5.41, 5.74) is 0. The van der Waals surface area contributed by atoms with Gasteiger partial charge in [-0.1, -0.05) is 19.3 Å². The van der Waals surface area contributed by atoms with Crippen LogP contribution in [0.3, 0.4) is 0 Å². The standard InChI is InChI=1S/C10H18O2S/c1-8(12-10(11)13-2)9-6-4-3-5-7-9/h8-9H,3-7H2,1-2H3. The lowest BCUT2D eigenvalue weighted by atomic mass is 9.86. The molecule has 76 valence electrons. The van der Waals surface area contributed by atoms with Gasteiger partial charge in [0.1, 0.15) is 6.10 Å². The molecule has 1 saturated carbocycles. The summed E-state index contributed by atoms with van der Waals surface area (Å²) in [7, 11) is 0. The van der Waals surface area contributed by atoms with Crippen LogP contribution in [0.4, 0.5) is 4.79 Å². The van der Waals surface area contributed by atoms with Crippen LogP contribution in [0, 0.1) is 5.92 Å². The monoisotopic (exact) mass is 202 g/mol. The molecule has 0 spiro atoms. The molecule has 1 aliphatic carbocycles. The Morgan fingerprint density at radius 3 is 2.54 bits per heavy atom. The second kappa shape index (κ2) is 5.53. The zero-order chi connectivity index (χ0) is 9.68. The van der Waals surface area contributed by atoms with Crippen molar-refractivity contribution < 1.29 is 9.53 Å². The van der Waals surface area contributed by atoms with Gasteiger partial charge in [0, 0.05) is 0 Å². The molecule has 0 aromatic carbocycles. The lowest BCUT2D eigenvalue weighted by Gasteiger charge is -2.26. The zero-order valence-electron chi connectivity index (χ0n) is 8.41. The number of ether oxygens (including phenoxy) is 1. The van der Waals surface area contributed by atoms with E-state index in [0.29, 0.717) is 5.92 Å². The van der Waals surface area contributed by atoms with Gasteiger partial charge in [0.25, 0.3) is 0 Å². The maximum Gasteiger partial charge on any atom is 0.367 e. The third kappa shape index (κ3) is 3.59. The van der Waals surface area contributed by atoms with Crippen LogP contribution in [0.25, 0.3) is 0 Å². The molecule has 13 heavy (non-hydrogen) atoms. The fraction of sp³-hybridized carbons (Fsp3) is 0.900. The Morgan fingerprint density at radius 2 is 2.00 bits per heavy atom. The maximum atomic E-state index is 11.0. The van der Waals surface area contributed by atoms with E-state index in [0.717, 1.165) is 11.8 Å². The molecule has 0 aromatic heterocycles. The second-order valence-corrected chi connectivity index (χ2v) is 4.42. The molecule has 1 fully saturated rings. The normalized spacial score (nSPS) is 21.1. The number of rotatable bonds is 2. The molecule has 1 rings (SSSR count). The summed E-state index contributed by atoms with van der Waals surface area (Å²) < 4.78 is 5.26. The summed E-state index contributed by atoms with van der Waals surface area (Å²) in [6.07, 6.45) is 8.26. The molecule has 1 aliphatic rings. The van der Waals surface area contributed by atoms with Crippen molar-refractivity contribution in [2.75, 3.05) is 6.26 Å². The Kier molecular flexibility index (Phi) is 4.64. The van der Waals surface area contributed by atoms with Gasteiger partial charge in [-0.3, -0.25) is 0 Å². The van der Waals surface area contributed by atoms with Gasteiger partial charge in [0.15, 0.2) is 0 Å². The van der Waals surface area contributed by atoms with Gasteiger partial charge in [-0.25, -0.2) is 4.79 Å². The average molecular weight is 202 g/mol. The van der Waals surface area contributed by atoms with E-state index in [2.05, 4.69) is 0 Å². The van der Waals surface area contributed by atoms with E-state index >= 15 is 0 Å². The Balaban J connectivity index is 2.28. The van der Waals surface area contributed by atoms with Crippen LogP contribution in [0.5, 0.6) is 0 Å². The molecular weight excluding hydrogens is 184 g/mol. The fourth-order valence-electron chi connectivity index (χ4n) is 1.90. The molecule has 0 saturated heterocycles. The molecule has 1 unspecified atom stereocenters. The predicted molar refractivity (Wildman–Crippen MR) is 56.0 cm³/mol. The van der Waals surface area contributed by atoms with E-state index in [-0.39, 0.29) is 11.4 Å². The first-order valence-electron chi connectivity index (χ1n) is 4.98. The first kappa shape index (κ1) is 10.9. The minimum absolute atomic E-state index is 0.111. The zero-order valence-corrected chi connectivity index (χ0v) is 9.23. The molecule has 0 N–H and O–H groups in total. The van der Waals surface area contributed by atoms with Crippen LogP contribution in [0.2, 0.25) is 0 Å². The number of hydrogen-bond donors (Lipinski definition) is 0. The van der Waals surface area contributed by atoms with Gasteiger partial charge in [-0.05, 0) is 43.7 Å². The smallest absolute Gasteiger partial charge is 0.367 e. The van der Waals surface area contributed by atoms with Crippen molar-refractivity contribution in [1.82, 2.24) is 0 Å². The number of hydrogen-bond acceptors (Lipinski definition) is 3. The third-order valence-electron chi connectivity index (χ3n) is 2.76. The van der Waals surface area contributed by atoms with Crippen LogP contribution >= 0.6 is 11.8 Å². The van der Waals surface area contributed by atoms with Gasteiger partial charge < -0.3 is 4.74 Å². The Morgan fingerprint density at radius 1 is 1.38 bits per heavy atom. The Labute approximate surface area is 84.4 Å². The second-order valence-electron chi connectivity index (χ2n) is 3.68. The van der Waals surface area contributed by atoms with Crippen LogP contribution in [0.15, 0.2) is 0 Å². The minimum Gasteiger partial charge on any atom is -0.454 e. The molecule has 0 radical (unpaired) electrons. The van der Waals surface area contributed by atoms with Crippen molar-refractivity contribution >= 4 is 17.1 Å². The molecule has 0 aliphatic heterocycles. The van der Waals surface area contributed by atoms with Gasteiger partial charge in [-0.2, -0.15) is 0 Å². The minimum atomic E-state index is -0.141. The van der Waals surface area contributed by atoms with Gasteiger partial charge in [-0.15, -0.1) is 0 Å². The first-order chi connectivity index (χ1) is 6.24. The molecular formula is C10H18O2S. The SMILES string of the molecule is CSC(=O)OC(C)C1CCCCC1. The van der Waals surface area contributed by atoms with E-state index in [1.54, 1.807) is 6.26 Å². The molecule has 0 heterocycles. The molecule has 2 nitrogen and oxygen atoms in total. The molecule has 1 atom stereocenters. The summed E-state index contributed by atoms with van der Waals surface area (Å²) in [5, 5.41) is -0.141. The number of carbonyl (C=O) groups is 1. The predicted octanol–water partition coefficient (Wildman–Crippen LogP) is 3.45. The fourth-order valence-corrected chi connectivity index (χ4v) is 2.15. The topological polar surface area (TPSA) is 26.3 Å². The number of thioether (sulfide) groups is 1. The Hall–Kier alpha value is -0.180. The van der Waals surface area contributed by atoms with Crippen molar-refractivity contribution in [1.29, 1.82) is 0 Å². The van der Waals surface area contributed by atoms with Crippen LogP contribution in [0.1, 0.15) is 39.0 Å². The first-order valence-corrected chi connectivity index (χ1v) is 6.21. The van der Waals surface area contributed by atoms with Crippen molar-refractivity contribution in [2.24, 2.45) is 5.92 Å². The summed E-state index contributed by atoms with van der Waals surface area (Å²) in [5.74, 6) is 0.602. The van der Waals surface area contributed by atoms with Crippen molar-refractivity contribution in [3.05, 3.63) is 0 Å². The molecule has 3 heteroatoms. The Bertz CT molecular complexity index is 164.